The Hall–Kier alpha value is -1.62. The molecule has 0 aromatic carbocycles. The van der Waals surface area contributed by atoms with Crippen LogP contribution in [-0.2, 0) is 6.54 Å². The highest BCUT2D eigenvalue weighted by Gasteiger charge is 1.95. The van der Waals surface area contributed by atoms with E-state index >= 15 is 0 Å². The van der Waals surface area contributed by atoms with Crippen molar-refractivity contribution in [2.45, 2.75) is 20.4 Å². The normalized spacial score (nSPS) is 11.3. The predicted molar refractivity (Wildman–Crippen MR) is 61.1 cm³/mol. The number of guanidine groups is 1. The first kappa shape index (κ1) is 11.5. The maximum Gasteiger partial charge on any atom is 0.206 e. The molecule has 1 aromatic rings. The molecular weight excluding hydrogens is 190 g/mol. The Morgan fingerprint density at radius 3 is 2.93 bits per heavy atom. The summed E-state index contributed by atoms with van der Waals surface area (Å²) in [4.78, 5) is 8.59. The van der Waals surface area contributed by atoms with E-state index < -0.39 is 0 Å². The Balaban J connectivity index is 2.61. The summed E-state index contributed by atoms with van der Waals surface area (Å²) in [7, 11) is 0. The second kappa shape index (κ2) is 5.98. The lowest BCUT2D eigenvalue weighted by Crippen LogP contribution is -2.41. The summed E-state index contributed by atoms with van der Waals surface area (Å²) in [6, 6.07) is 5.87. The van der Waals surface area contributed by atoms with E-state index in [0.29, 0.717) is 12.5 Å². The highest BCUT2D eigenvalue weighted by molar-refractivity contribution is 5.78. The van der Waals surface area contributed by atoms with Crippen LogP contribution in [-0.4, -0.2) is 17.5 Å². The summed E-state index contributed by atoms with van der Waals surface area (Å²) in [5.74, 6) is 5.87. The number of rotatable bonds is 3. The number of nitrogens with two attached hydrogens (primary N) is 1. The standard InChI is InChI=1S/C10H17N5/c1-3-12-10(15-11)13-7-9-6-4-5-8(2)14-9/h4-6H,3,7,11H2,1-2H3,(H2,12,13,15). The number of pyridine rings is 1. The highest BCUT2D eigenvalue weighted by Crippen LogP contribution is 1.99. The van der Waals surface area contributed by atoms with Crippen LogP contribution in [0.1, 0.15) is 18.3 Å². The quantitative estimate of drug-likeness (QED) is 0.289. The summed E-state index contributed by atoms with van der Waals surface area (Å²) in [6.07, 6.45) is 0. The minimum atomic E-state index is 0.522. The van der Waals surface area contributed by atoms with Gasteiger partial charge in [0.15, 0.2) is 0 Å². The Morgan fingerprint density at radius 1 is 1.53 bits per heavy atom. The molecule has 0 unspecified atom stereocenters. The smallest absolute Gasteiger partial charge is 0.206 e. The lowest BCUT2D eigenvalue weighted by Gasteiger charge is -2.06. The molecule has 0 aliphatic rings. The van der Waals surface area contributed by atoms with Crippen molar-refractivity contribution in [3.05, 3.63) is 29.6 Å². The fraction of sp³-hybridized carbons (Fsp3) is 0.400. The van der Waals surface area contributed by atoms with E-state index in [4.69, 9.17) is 5.84 Å². The molecule has 15 heavy (non-hydrogen) atoms. The molecule has 5 nitrogen and oxygen atoms in total. The van der Waals surface area contributed by atoms with Crippen LogP contribution < -0.4 is 16.6 Å². The lowest BCUT2D eigenvalue weighted by molar-refractivity contribution is 0.843. The third-order valence-electron chi connectivity index (χ3n) is 1.83. The molecule has 0 bridgehead atoms. The van der Waals surface area contributed by atoms with Crippen molar-refractivity contribution in [2.24, 2.45) is 10.8 Å². The molecule has 1 rings (SSSR count). The maximum atomic E-state index is 5.29. The summed E-state index contributed by atoms with van der Waals surface area (Å²) < 4.78 is 0. The second-order valence-electron chi connectivity index (χ2n) is 3.11. The third-order valence-corrected chi connectivity index (χ3v) is 1.83. The number of nitrogens with zero attached hydrogens (tertiary/aromatic N) is 2. The van der Waals surface area contributed by atoms with Gasteiger partial charge in [-0.1, -0.05) is 6.07 Å². The molecule has 0 radical (unpaired) electrons. The number of hydrazine groups is 1. The van der Waals surface area contributed by atoms with Crippen molar-refractivity contribution in [1.29, 1.82) is 0 Å². The number of nitrogens with one attached hydrogen (secondary N) is 2. The molecule has 4 N–H and O–H groups in total. The van der Waals surface area contributed by atoms with E-state index in [1.165, 1.54) is 0 Å². The first-order chi connectivity index (χ1) is 7.26. The van der Waals surface area contributed by atoms with Gasteiger partial charge >= 0.3 is 0 Å². The molecule has 1 heterocycles. The SMILES string of the molecule is CCNC(=NCc1cccc(C)n1)NN. The van der Waals surface area contributed by atoms with Gasteiger partial charge in [-0.15, -0.1) is 0 Å². The largest absolute Gasteiger partial charge is 0.356 e. The lowest BCUT2D eigenvalue weighted by atomic mass is 10.3. The van der Waals surface area contributed by atoms with Crippen LogP contribution >= 0.6 is 0 Å². The number of hydrogen-bond acceptors (Lipinski definition) is 3. The van der Waals surface area contributed by atoms with Crippen molar-refractivity contribution in [1.82, 2.24) is 15.7 Å². The average Bonchev–Trinajstić information content (AvgIpc) is 2.24. The van der Waals surface area contributed by atoms with Gasteiger partial charge in [-0.3, -0.25) is 10.4 Å². The molecule has 0 saturated carbocycles. The fourth-order valence-corrected chi connectivity index (χ4v) is 1.17. The number of aromatic nitrogens is 1. The molecule has 0 aliphatic carbocycles. The number of hydrogen-bond donors (Lipinski definition) is 3. The van der Waals surface area contributed by atoms with Crippen LogP contribution in [0, 0.1) is 6.92 Å². The van der Waals surface area contributed by atoms with Gasteiger partial charge in [0.2, 0.25) is 5.96 Å². The molecule has 82 valence electrons. The summed E-state index contributed by atoms with van der Waals surface area (Å²) in [5, 5.41) is 3.00. The van der Waals surface area contributed by atoms with Crippen molar-refractivity contribution < 1.29 is 0 Å². The highest BCUT2D eigenvalue weighted by atomic mass is 15.3. The van der Waals surface area contributed by atoms with E-state index in [2.05, 4.69) is 20.7 Å². The molecule has 1 aromatic heterocycles. The topological polar surface area (TPSA) is 75.3 Å². The van der Waals surface area contributed by atoms with Crippen LogP contribution in [0.2, 0.25) is 0 Å². The van der Waals surface area contributed by atoms with E-state index in [0.717, 1.165) is 17.9 Å². The molecule has 0 amide bonds. The third kappa shape index (κ3) is 3.95. The minimum absolute atomic E-state index is 0.522. The maximum absolute atomic E-state index is 5.29. The first-order valence-corrected chi connectivity index (χ1v) is 4.93. The van der Waals surface area contributed by atoms with Gasteiger partial charge in [0.25, 0.3) is 0 Å². The fourth-order valence-electron chi connectivity index (χ4n) is 1.17. The summed E-state index contributed by atoms with van der Waals surface area (Å²) in [6.45, 7) is 5.25. The number of aliphatic imine (C=N–C) groups is 1. The Labute approximate surface area is 89.8 Å². The Kier molecular flexibility index (Phi) is 4.56. The summed E-state index contributed by atoms with van der Waals surface area (Å²) in [5.41, 5.74) is 4.42. The van der Waals surface area contributed by atoms with Gasteiger partial charge in [-0.25, -0.2) is 10.8 Å². The van der Waals surface area contributed by atoms with Gasteiger partial charge in [0, 0.05) is 12.2 Å². The number of aryl methyl sites for hydroxylation is 1. The second-order valence-corrected chi connectivity index (χ2v) is 3.11. The van der Waals surface area contributed by atoms with E-state index in [-0.39, 0.29) is 0 Å². The molecule has 0 spiro atoms. The van der Waals surface area contributed by atoms with Crippen LogP contribution in [0.3, 0.4) is 0 Å². The van der Waals surface area contributed by atoms with Crippen LogP contribution in [0.5, 0.6) is 0 Å². The Morgan fingerprint density at radius 2 is 2.33 bits per heavy atom. The molecule has 0 aliphatic heterocycles. The molecular formula is C10H17N5. The van der Waals surface area contributed by atoms with Crippen molar-refractivity contribution in [3.8, 4) is 0 Å². The zero-order chi connectivity index (χ0) is 11.1. The Bertz CT molecular complexity index is 334. The van der Waals surface area contributed by atoms with E-state index in [9.17, 15) is 0 Å². The van der Waals surface area contributed by atoms with Crippen LogP contribution in [0.15, 0.2) is 23.2 Å². The first-order valence-electron chi connectivity index (χ1n) is 4.93. The zero-order valence-corrected chi connectivity index (χ0v) is 9.12. The van der Waals surface area contributed by atoms with Crippen LogP contribution in [0.25, 0.3) is 0 Å². The van der Waals surface area contributed by atoms with Gasteiger partial charge in [-0.05, 0) is 26.0 Å². The van der Waals surface area contributed by atoms with Gasteiger partial charge in [0.05, 0.1) is 12.2 Å². The van der Waals surface area contributed by atoms with Crippen molar-refractivity contribution >= 4 is 5.96 Å². The van der Waals surface area contributed by atoms with E-state index in [1.54, 1.807) is 0 Å². The molecule has 0 saturated heterocycles. The average molecular weight is 207 g/mol. The van der Waals surface area contributed by atoms with Crippen molar-refractivity contribution in [3.63, 3.8) is 0 Å². The van der Waals surface area contributed by atoms with E-state index in [1.807, 2.05) is 32.0 Å². The van der Waals surface area contributed by atoms with Gasteiger partial charge in [-0.2, -0.15) is 0 Å². The van der Waals surface area contributed by atoms with Gasteiger partial charge < -0.3 is 5.32 Å². The van der Waals surface area contributed by atoms with Crippen molar-refractivity contribution in [2.75, 3.05) is 6.54 Å². The molecule has 5 heteroatoms. The minimum Gasteiger partial charge on any atom is -0.356 e. The monoisotopic (exact) mass is 207 g/mol. The molecule has 0 atom stereocenters. The van der Waals surface area contributed by atoms with Gasteiger partial charge in [0.1, 0.15) is 0 Å². The molecule has 0 fully saturated rings. The predicted octanol–water partition coefficient (Wildman–Crippen LogP) is 0.319. The zero-order valence-electron chi connectivity index (χ0n) is 9.12. The summed E-state index contributed by atoms with van der Waals surface area (Å²) >= 11 is 0. The van der Waals surface area contributed by atoms with Crippen LogP contribution in [0.4, 0.5) is 0 Å².